The highest BCUT2D eigenvalue weighted by Gasteiger charge is 2.21. The van der Waals surface area contributed by atoms with E-state index < -0.39 is 0 Å². The number of piperazine rings is 1. The molecule has 0 bridgehead atoms. The van der Waals surface area contributed by atoms with E-state index in [-0.39, 0.29) is 5.91 Å². The fraction of sp³-hybridized carbons (Fsp3) is 0.500. The molecule has 7 heteroatoms. The van der Waals surface area contributed by atoms with Crippen molar-refractivity contribution in [3.05, 3.63) is 41.3 Å². The summed E-state index contributed by atoms with van der Waals surface area (Å²) >= 11 is 0. The van der Waals surface area contributed by atoms with Crippen molar-refractivity contribution in [3.8, 4) is 11.5 Å². The third kappa shape index (κ3) is 5.23. The minimum Gasteiger partial charge on any atom is -0.497 e. The summed E-state index contributed by atoms with van der Waals surface area (Å²) in [4.78, 5) is 16.8. The van der Waals surface area contributed by atoms with Crippen LogP contribution in [0.4, 0.5) is 0 Å². The van der Waals surface area contributed by atoms with Crippen molar-refractivity contribution >= 4 is 5.91 Å². The second-order valence-corrected chi connectivity index (χ2v) is 6.81. The van der Waals surface area contributed by atoms with Crippen molar-refractivity contribution < 1.29 is 18.8 Å². The van der Waals surface area contributed by atoms with Crippen molar-refractivity contribution in [3.63, 3.8) is 0 Å². The first-order valence-electron chi connectivity index (χ1n) is 9.21. The Morgan fingerprint density at radius 3 is 2.30 bits per heavy atom. The van der Waals surface area contributed by atoms with Gasteiger partial charge < -0.3 is 18.9 Å². The van der Waals surface area contributed by atoms with Crippen molar-refractivity contribution in [1.82, 2.24) is 15.0 Å². The molecule has 0 aliphatic carbocycles. The largest absolute Gasteiger partial charge is 0.497 e. The van der Waals surface area contributed by atoms with Crippen molar-refractivity contribution in [2.75, 3.05) is 40.4 Å². The standard InChI is InChI=1S/C20H27N3O4/c1-15-10-19(27-21-15)14-22-6-8-23(9-7-22)20(24)5-4-16-11-17(25-2)13-18(12-16)26-3/h10-13H,4-9,14H2,1-3H3. The molecular weight excluding hydrogens is 346 g/mol. The van der Waals surface area contributed by atoms with Gasteiger partial charge in [-0.15, -0.1) is 0 Å². The summed E-state index contributed by atoms with van der Waals surface area (Å²) in [5.41, 5.74) is 1.94. The average Bonchev–Trinajstić information content (AvgIpc) is 3.11. The maximum absolute atomic E-state index is 12.6. The van der Waals surface area contributed by atoms with Crippen LogP contribution in [-0.4, -0.2) is 61.3 Å². The first kappa shape index (κ1) is 19.2. The zero-order chi connectivity index (χ0) is 19.2. The number of aryl methyl sites for hydroxylation is 2. The number of hydrogen-bond donors (Lipinski definition) is 0. The second kappa shape index (κ2) is 8.90. The third-order valence-corrected chi connectivity index (χ3v) is 4.82. The second-order valence-electron chi connectivity index (χ2n) is 6.81. The van der Waals surface area contributed by atoms with Crippen LogP contribution in [0.15, 0.2) is 28.8 Å². The van der Waals surface area contributed by atoms with Crippen LogP contribution in [0, 0.1) is 6.92 Å². The molecule has 7 nitrogen and oxygen atoms in total. The van der Waals surface area contributed by atoms with E-state index in [0.29, 0.717) is 12.8 Å². The maximum Gasteiger partial charge on any atom is 0.222 e. The lowest BCUT2D eigenvalue weighted by Gasteiger charge is -2.34. The van der Waals surface area contributed by atoms with Crippen molar-refractivity contribution in [2.24, 2.45) is 0 Å². The summed E-state index contributed by atoms with van der Waals surface area (Å²) in [5, 5.41) is 3.92. The third-order valence-electron chi connectivity index (χ3n) is 4.82. The molecule has 1 fully saturated rings. The van der Waals surface area contributed by atoms with E-state index in [2.05, 4.69) is 10.1 Å². The fourth-order valence-corrected chi connectivity index (χ4v) is 3.29. The van der Waals surface area contributed by atoms with Crippen LogP contribution in [-0.2, 0) is 17.8 Å². The van der Waals surface area contributed by atoms with Gasteiger partial charge in [-0.2, -0.15) is 0 Å². The molecule has 1 saturated heterocycles. The van der Waals surface area contributed by atoms with Gasteiger partial charge in [0.1, 0.15) is 11.5 Å². The maximum atomic E-state index is 12.6. The lowest BCUT2D eigenvalue weighted by Crippen LogP contribution is -2.48. The zero-order valence-corrected chi connectivity index (χ0v) is 16.2. The van der Waals surface area contributed by atoms with Gasteiger partial charge in [0.2, 0.25) is 5.91 Å². The quantitative estimate of drug-likeness (QED) is 0.742. The molecule has 27 heavy (non-hydrogen) atoms. The van der Waals surface area contributed by atoms with Gasteiger partial charge in [-0.3, -0.25) is 9.69 Å². The predicted octanol–water partition coefficient (Wildman–Crippen LogP) is 2.28. The Morgan fingerprint density at radius 1 is 1.07 bits per heavy atom. The van der Waals surface area contributed by atoms with Crippen LogP contribution in [0.2, 0.25) is 0 Å². The van der Waals surface area contributed by atoms with E-state index in [1.54, 1.807) is 14.2 Å². The van der Waals surface area contributed by atoms with Crippen molar-refractivity contribution in [1.29, 1.82) is 0 Å². The van der Waals surface area contributed by atoms with Gasteiger partial charge in [0, 0.05) is 44.7 Å². The lowest BCUT2D eigenvalue weighted by atomic mass is 10.1. The van der Waals surface area contributed by atoms with Gasteiger partial charge in [0.25, 0.3) is 0 Å². The highest BCUT2D eigenvalue weighted by Crippen LogP contribution is 2.23. The molecule has 1 amide bonds. The Kier molecular flexibility index (Phi) is 6.34. The molecule has 0 radical (unpaired) electrons. The first-order chi connectivity index (χ1) is 13.1. The SMILES string of the molecule is COc1cc(CCC(=O)N2CCN(Cc3cc(C)no3)CC2)cc(OC)c1. The first-order valence-corrected chi connectivity index (χ1v) is 9.21. The molecule has 1 aromatic carbocycles. The van der Waals surface area contributed by atoms with Crippen molar-refractivity contribution in [2.45, 2.75) is 26.3 Å². The van der Waals surface area contributed by atoms with Gasteiger partial charge in [0.15, 0.2) is 5.76 Å². The number of aromatic nitrogens is 1. The lowest BCUT2D eigenvalue weighted by molar-refractivity contribution is -0.133. The number of nitrogens with zero attached hydrogens (tertiary/aromatic N) is 3. The van der Waals surface area contributed by atoms with Gasteiger partial charge in [-0.1, -0.05) is 5.16 Å². The van der Waals surface area contributed by atoms with E-state index in [9.17, 15) is 4.79 Å². The Balaban J connectivity index is 1.47. The molecule has 2 aromatic rings. The summed E-state index contributed by atoms with van der Waals surface area (Å²) in [6, 6.07) is 7.70. The minimum atomic E-state index is 0.187. The van der Waals surface area contributed by atoms with Crippen LogP contribution < -0.4 is 9.47 Å². The summed E-state index contributed by atoms with van der Waals surface area (Å²) in [6.45, 7) is 5.84. The summed E-state index contributed by atoms with van der Waals surface area (Å²) in [6.07, 6.45) is 1.15. The molecule has 2 heterocycles. The molecule has 3 rings (SSSR count). The monoisotopic (exact) mass is 373 g/mol. The summed E-state index contributed by atoms with van der Waals surface area (Å²) in [7, 11) is 3.26. The number of amides is 1. The van der Waals surface area contributed by atoms with Gasteiger partial charge in [-0.25, -0.2) is 0 Å². The summed E-state index contributed by atoms with van der Waals surface area (Å²) < 4.78 is 15.9. The highest BCUT2D eigenvalue weighted by molar-refractivity contribution is 5.76. The predicted molar refractivity (Wildman–Crippen MR) is 101 cm³/mol. The van der Waals surface area contributed by atoms with Crippen LogP contribution >= 0.6 is 0 Å². The Morgan fingerprint density at radius 2 is 1.74 bits per heavy atom. The Bertz CT molecular complexity index is 744. The topological polar surface area (TPSA) is 68.0 Å². The smallest absolute Gasteiger partial charge is 0.222 e. The van der Waals surface area contributed by atoms with Crippen LogP contribution in [0.1, 0.15) is 23.4 Å². The normalized spacial score (nSPS) is 15.0. The fourth-order valence-electron chi connectivity index (χ4n) is 3.29. The molecule has 1 aliphatic heterocycles. The van der Waals surface area contributed by atoms with E-state index in [1.165, 1.54) is 0 Å². The highest BCUT2D eigenvalue weighted by atomic mass is 16.5. The number of methoxy groups -OCH3 is 2. The number of benzene rings is 1. The molecule has 1 aliphatic rings. The number of carbonyl (C=O) groups excluding carboxylic acids is 1. The molecule has 0 saturated carbocycles. The summed E-state index contributed by atoms with van der Waals surface area (Å²) in [5.74, 6) is 2.55. The molecule has 0 spiro atoms. The number of rotatable bonds is 7. The van der Waals surface area contributed by atoms with Crippen LogP contribution in [0.3, 0.4) is 0 Å². The number of hydrogen-bond acceptors (Lipinski definition) is 6. The van der Waals surface area contributed by atoms with Gasteiger partial charge in [0.05, 0.1) is 26.5 Å². The molecule has 0 N–H and O–H groups in total. The number of carbonyl (C=O) groups is 1. The van der Waals surface area contributed by atoms with E-state index in [4.69, 9.17) is 14.0 Å². The number of ether oxygens (including phenoxy) is 2. The van der Waals surface area contributed by atoms with Gasteiger partial charge in [-0.05, 0) is 31.0 Å². The molecule has 1 aromatic heterocycles. The molecule has 0 unspecified atom stereocenters. The molecule has 146 valence electrons. The van der Waals surface area contributed by atoms with Crippen LogP contribution in [0.25, 0.3) is 0 Å². The average molecular weight is 373 g/mol. The minimum absolute atomic E-state index is 0.187. The van der Waals surface area contributed by atoms with E-state index in [1.807, 2.05) is 36.1 Å². The zero-order valence-electron chi connectivity index (χ0n) is 16.2. The van der Waals surface area contributed by atoms with Gasteiger partial charge >= 0.3 is 0 Å². The van der Waals surface area contributed by atoms with Crippen LogP contribution in [0.5, 0.6) is 11.5 Å². The Labute approximate surface area is 159 Å². The Hall–Kier alpha value is -2.54. The van der Waals surface area contributed by atoms with E-state index in [0.717, 1.165) is 61.2 Å². The molecular formula is C20H27N3O4. The van der Waals surface area contributed by atoms with E-state index >= 15 is 0 Å². The molecule has 0 atom stereocenters.